The van der Waals surface area contributed by atoms with Crippen LogP contribution < -0.4 is 0 Å². The topological polar surface area (TPSA) is 25.8 Å². The van der Waals surface area contributed by atoms with Crippen LogP contribution in [0.2, 0.25) is 10.0 Å². The number of halogens is 3. The smallest absolute Gasteiger partial charge is 0.134 e. The van der Waals surface area contributed by atoms with Gasteiger partial charge in [-0.1, -0.05) is 37.0 Å². The molecule has 0 unspecified atom stereocenters. The van der Waals surface area contributed by atoms with Crippen molar-refractivity contribution in [3.8, 4) is 11.3 Å². The number of rotatable bonds is 2. The fourth-order valence-corrected chi connectivity index (χ4v) is 2.40. The molecule has 0 fully saturated rings. The molecule has 0 aliphatic carbocycles. The fraction of sp³-hybridized carbons (Fsp3) is 0.286. The monoisotopic (exact) mass is 298 g/mol. The van der Waals surface area contributed by atoms with Gasteiger partial charge in [0, 0.05) is 10.6 Å². The highest BCUT2D eigenvalue weighted by molar-refractivity contribution is 6.33. The van der Waals surface area contributed by atoms with Gasteiger partial charge in [-0.05, 0) is 30.5 Å². The third kappa shape index (κ3) is 2.72. The van der Waals surface area contributed by atoms with E-state index in [-0.39, 0.29) is 5.92 Å². The number of hydrogen-bond acceptors (Lipinski definition) is 2. The molecule has 1 aromatic carbocycles. The molecular formula is C14H13Cl2FN2. The summed E-state index contributed by atoms with van der Waals surface area (Å²) in [6, 6.07) is 3.01. The van der Waals surface area contributed by atoms with Crippen molar-refractivity contribution < 1.29 is 4.39 Å². The minimum absolute atomic E-state index is 0.188. The summed E-state index contributed by atoms with van der Waals surface area (Å²) in [6.07, 6.45) is 1.37. The van der Waals surface area contributed by atoms with E-state index in [1.807, 2.05) is 13.8 Å². The highest BCUT2D eigenvalue weighted by Gasteiger charge is 2.16. The zero-order valence-electron chi connectivity index (χ0n) is 10.8. The molecule has 1 heterocycles. The van der Waals surface area contributed by atoms with Crippen molar-refractivity contribution in [1.29, 1.82) is 0 Å². The van der Waals surface area contributed by atoms with Crippen LogP contribution in [0.4, 0.5) is 4.39 Å². The van der Waals surface area contributed by atoms with Gasteiger partial charge in [-0.25, -0.2) is 14.4 Å². The summed E-state index contributed by atoms with van der Waals surface area (Å²) in [6.45, 7) is 5.75. The third-order valence-corrected chi connectivity index (χ3v) is 3.71. The first-order valence-corrected chi connectivity index (χ1v) is 6.63. The molecule has 19 heavy (non-hydrogen) atoms. The lowest BCUT2D eigenvalue weighted by Gasteiger charge is -2.12. The maximum atomic E-state index is 14.1. The Kier molecular flexibility index (Phi) is 4.07. The molecule has 2 aromatic rings. The van der Waals surface area contributed by atoms with E-state index in [1.54, 1.807) is 13.0 Å². The second kappa shape index (κ2) is 5.43. The van der Waals surface area contributed by atoms with Crippen molar-refractivity contribution in [2.24, 2.45) is 0 Å². The molecule has 0 aliphatic heterocycles. The molecule has 0 N–H and O–H groups in total. The van der Waals surface area contributed by atoms with Gasteiger partial charge in [-0.2, -0.15) is 0 Å². The van der Waals surface area contributed by atoms with E-state index >= 15 is 0 Å². The van der Waals surface area contributed by atoms with Crippen LogP contribution in [0.3, 0.4) is 0 Å². The van der Waals surface area contributed by atoms with Gasteiger partial charge in [-0.3, -0.25) is 0 Å². The molecule has 0 aliphatic rings. The van der Waals surface area contributed by atoms with Crippen LogP contribution in [-0.4, -0.2) is 9.97 Å². The predicted octanol–water partition coefficient (Wildman–Crippen LogP) is 5.02. The molecule has 0 spiro atoms. The molecule has 0 amide bonds. The summed E-state index contributed by atoms with van der Waals surface area (Å²) in [5.74, 6) is -0.247. The van der Waals surface area contributed by atoms with E-state index in [9.17, 15) is 4.39 Å². The second-order valence-corrected chi connectivity index (χ2v) is 5.42. The van der Waals surface area contributed by atoms with Crippen molar-refractivity contribution in [2.75, 3.05) is 0 Å². The zero-order valence-corrected chi connectivity index (χ0v) is 12.3. The maximum Gasteiger partial charge on any atom is 0.134 e. The third-order valence-electron chi connectivity index (χ3n) is 2.93. The van der Waals surface area contributed by atoms with Crippen LogP contribution in [0, 0.1) is 12.7 Å². The van der Waals surface area contributed by atoms with E-state index in [1.165, 1.54) is 12.4 Å². The molecule has 5 heteroatoms. The molecule has 1 aromatic heterocycles. The molecule has 0 saturated carbocycles. The quantitative estimate of drug-likeness (QED) is 0.778. The minimum Gasteiger partial charge on any atom is -0.240 e. The SMILES string of the molecule is Cc1ncnc(-c2cc(C(C)C)c(Cl)cc2F)c1Cl. The Bertz CT molecular complexity index is 627. The van der Waals surface area contributed by atoms with Crippen molar-refractivity contribution in [3.05, 3.63) is 45.6 Å². The van der Waals surface area contributed by atoms with E-state index in [0.29, 0.717) is 27.0 Å². The average molecular weight is 299 g/mol. The summed E-state index contributed by atoms with van der Waals surface area (Å²) in [5, 5.41) is 0.775. The lowest BCUT2D eigenvalue weighted by atomic mass is 9.98. The van der Waals surface area contributed by atoms with Crippen molar-refractivity contribution in [3.63, 3.8) is 0 Å². The van der Waals surface area contributed by atoms with E-state index in [4.69, 9.17) is 23.2 Å². The number of benzene rings is 1. The largest absolute Gasteiger partial charge is 0.240 e. The number of aryl methyl sites for hydroxylation is 1. The van der Waals surface area contributed by atoms with Gasteiger partial charge in [-0.15, -0.1) is 0 Å². The number of aromatic nitrogens is 2. The summed E-state index contributed by atoms with van der Waals surface area (Å²) in [4.78, 5) is 8.05. The van der Waals surface area contributed by atoms with Gasteiger partial charge in [0.15, 0.2) is 0 Å². The highest BCUT2D eigenvalue weighted by Crippen LogP contribution is 2.34. The molecule has 2 nitrogen and oxygen atoms in total. The normalized spacial score (nSPS) is 11.1. The van der Waals surface area contributed by atoms with Crippen LogP contribution in [0.5, 0.6) is 0 Å². The molecule has 0 saturated heterocycles. The average Bonchev–Trinajstić information content (AvgIpc) is 2.33. The predicted molar refractivity (Wildman–Crippen MR) is 76.3 cm³/mol. The van der Waals surface area contributed by atoms with Gasteiger partial charge < -0.3 is 0 Å². The van der Waals surface area contributed by atoms with Gasteiger partial charge >= 0.3 is 0 Å². The number of nitrogens with zero attached hydrogens (tertiary/aromatic N) is 2. The summed E-state index contributed by atoms with van der Waals surface area (Å²) in [7, 11) is 0. The second-order valence-electron chi connectivity index (χ2n) is 4.63. The molecule has 2 rings (SSSR count). The minimum atomic E-state index is -0.436. The Hall–Kier alpha value is -1.19. The molecule has 100 valence electrons. The van der Waals surface area contributed by atoms with Gasteiger partial charge in [0.2, 0.25) is 0 Å². The first-order chi connectivity index (χ1) is 8.91. The summed E-state index contributed by atoms with van der Waals surface area (Å²) < 4.78 is 14.1. The highest BCUT2D eigenvalue weighted by atomic mass is 35.5. The lowest BCUT2D eigenvalue weighted by molar-refractivity contribution is 0.629. The molecular weight excluding hydrogens is 286 g/mol. The summed E-state index contributed by atoms with van der Waals surface area (Å²) >= 11 is 12.2. The molecule has 0 radical (unpaired) electrons. The maximum absolute atomic E-state index is 14.1. The van der Waals surface area contributed by atoms with Gasteiger partial charge in [0.1, 0.15) is 12.1 Å². The zero-order chi connectivity index (χ0) is 14.2. The first kappa shape index (κ1) is 14.2. The molecule has 0 atom stereocenters. The van der Waals surface area contributed by atoms with Crippen LogP contribution in [0.15, 0.2) is 18.5 Å². The van der Waals surface area contributed by atoms with Gasteiger partial charge in [0.05, 0.1) is 16.4 Å². The Morgan fingerprint density at radius 1 is 1.16 bits per heavy atom. The Balaban J connectivity index is 2.68. The van der Waals surface area contributed by atoms with Crippen molar-refractivity contribution in [1.82, 2.24) is 9.97 Å². The standard InChI is InChI=1S/C14H13Cl2FN2/c1-7(2)9-4-10(12(17)5-11(9)15)14-13(16)8(3)18-6-19-14/h4-7H,1-3H3. The van der Waals surface area contributed by atoms with Gasteiger partial charge in [0.25, 0.3) is 0 Å². The van der Waals surface area contributed by atoms with Crippen LogP contribution >= 0.6 is 23.2 Å². The molecule has 0 bridgehead atoms. The van der Waals surface area contributed by atoms with E-state index in [2.05, 4.69) is 9.97 Å². The van der Waals surface area contributed by atoms with Crippen molar-refractivity contribution in [2.45, 2.75) is 26.7 Å². The number of hydrogen-bond donors (Lipinski definition) is 0. The first-order valence-electron chi connectivity index (χ1n) is 5.88. The van der Waals surface area contributed by atoms with Crippen LogP contribution in [0.1, 0.15) is 31.0 Å². The van der Waals surface area contributed by atoms with Crippen LogP contribution in [0.25, 0.3) is 11.3 Å². The fourth-order valence-electron chi connectivity index (χ4n) is 1.84. The summed E-state index contributed by atoms with van der Waals surface area (Å²) in [5.41, 5.74) is 2.23. The van der Waals surface area contributed by atoms with Crippen LogP contribution in [-0.2, 0) is 0 Å². The van der Waals surface area contributed by atoms with Crippen molar-refractivity contribution >= 4 is 23.2 Å². The van der Waals surface area contributed by atoms with E-state index in [0.717, 1.165) is 5.56 Å². The Morgan fingerprint density at radius 3 is 2.47 bits per heavy atom. The lowest BCUT2D eigenvalue weighted by Crippen LogP contribution is -1.97. The van der Waals surface area contributed by atoms with E-state index < -0.39 is 5.82 Å². The Labute approximate surface area is 121 Å². The Morgan fingerprint density at radius 2 is 1.84 bits per heavy atom.